The normalized spacial score (nSPS) is 10.9. The summed E-state index contributed by atoms with van der Waals surface area (Å²) in [7, 11) is 5.21. The Bertz CT molecular complexity index is 581. The lowest BCUT2D eigenvalue weighted by Gasteiger charge is -2.06. The van der Waals surface area contributed by atoms with Crippen LogP contribution in [0.2, 0.25) is 0 Å². The first kappa shape index (κ1) is 17.5. The molecule has 0 bridgehead atoms. The van der Waals surface area contributed by atoms with E-state index in [-0.39, 0.29) is 0 Å². The van der Waals surface area contributed by atoms with E-state index in [2.05, 4.69) is 5.10 Å². The number of methoxy groups -OCH3 is 2. The molecule has 1 aromatic heterocycles. The van der Waals surface area contributed by atoms with Gasteiger partial charge >= 0.3 is 0 Å². The molecule has 1 aromatic carbocycles. The lowest BCUT2D eigenvalue weighted by atomic mass is 10.2. The largest absolute Gasteiger partial charge is 0.497 e. The zero-order valence-corrected chi connectivity index (χ0v) is 13.9. The van der Waals surface area contributed by atoms with Gasteiger partial charge in [-0.15, -0.1) is 0 Å². The van der Waals surface area contributed by atoms with E-state index in [1.807, 2.05) is 37.5 Å². The lowest BCUT2D eigenvalue weighted by Crippen LogP contribution is -2.04. The highest BCUT2D eigenvalue weighted by atomic mass is 16.5. The van der Waals surface area contributed by atoms with Crippen LogP contribution in [-0.2, 0) is 41.1 Å². The Morgan fingerprint density at radius 1 is 0.957 bits per heavy atom. The molecule has 0 aliphatic heterocycles. The summed E-state index contributed by atoms with van der Waals surface area (Å²) in [6, 6.07) is 7.85. The molecule has 126 valence electrons. The highest BCUT2D eigenvalue weighted by Gasteiger charge is 2.08. The van der Waals surface area contributed by atoms with E-state index >= 15 is 0 Å². The van der Waals surface area contributed by atoms with E-state index in [0.717, 1.165) is 22.6 Å². The summed E-state index contributed by atoms with van der Waals surface area (Å²) < 4.78 is 23.2. The Morgan fingerprint density at radius 2 is 1.74 bits per heavy atom. The summed E-state index contributed by atoms with van der Waals surface area (Å²) in [6.45, 7) is 2.65. The van der Waals surface area contributed by atoms with Crippen LogP contribution in [0.4, 0.5) is 0 Å². The molecular weight excluding hydrogens is 296 g/mol. The van der Waals surface area contributed by atoms with Crippen molar-refractivity contribution < 1.29 is 18.9 Å². The molecule has 0 saturated heterocycles. The molecule has 0 saturated carbocycles. The highest BCUT2D eigenvalue weighted by molar-refractivity contribution is 5.26. The molecule has 0 aliphatic rings. The molecule has 6 nitrogen and oxygen atoms in total. The molecule has 0 N–H and O–H groups in total. The number of hydrogen-bond acceptors (Lipinski definition) is 5. The van der Waals surface area contributed by atoms with Gasteiger partial charge in [0, 0.05) is 25.9 Å². The Morgan fingerprint density at radius 3 is 2.43 bits per heavy atom. The van der Waals surface area contributed by atoms with Crippen LogP contribution in [-0.4, -0.2) is 37.2 Å². The predicted molar refractivity (Wildman–Crippen MR) is 86.2 cm³/mol. The average Bonchev–Trinajstić information content (AvgIpc) is 2.92. The molecule has 0 fully saturated rings. The third-order valence-electron chi connectivity index (χ3n) is 3.35. The lowest BCUT2D eigenvalue weighted by molar-refractivity contribution is 0.0578. The fraction of sp³-hybridized carbons (Fsp3) is 0.471. The third-order valence-corrected chi connectivity index (χ3v) is 3.35. The Hall–Kier alpha value is -1.89. The number of aromatic nitrogens is 2. The van der Waals surface area contributed by atoms with Crippen molar-refractivity contribution in [3.8, 4) is 5.75 Å². The van der Waals surface area contributed by atoms with Crippen molar-refractivity contribution in [1.29, 1.82) is 0 Å². The summed E-state index contributed by atoms with van der Waals surface area (Å²) in [6.07, 6.45) is 1.96. The van der Waals surface area contributed by atoms with Crippen molar-refractivity contribution in [2.45, 2.75) is 19.8 Å². The summed E-state index contributed by atoms with van der Waals surface area (Å²) >= 11 is 0. The van der Waals surface area contributed by atoms with Gasteiger partial charge < -0.3 is 18.9 Å². The minimum absolute atomic E-state index is 0.464. The second kappa shape index (κ2) is 9.29. The third kappa shape index (κ3) is 5.67. The van der Waals surface area contributed by atoms with E-state index in [4.69, 9.17) is 18.9 Å². The fourth-order valence-electron chi connectivity index (χ4n) is 2.14. The Kier molecular flexibility index (Phi) is 7.06. The Labute approximate surface area is 136 Å². The van der Waals surface area contributed by atoms with Crippen molar-refractivity contribution in [3.63, 3.8) is 0 Å². The maximum absolute atomic E-state index is 5.79. The topological polar surface area (TPSA) is 54.7 Å². The van der Waals surface area contributed by atoms with Gasteiger partial charge in [0.05, 0.1) is 45.8 Å². The van der Waals surface area contributed by atoms with E-state index in [1.165, 1.54) is 0 Å². The zero-order valence-electron chi connectivity index (χ0n) is 13.9. The van der Waals surface area contributed by atoms with Gasteiger partial charge in [-0.1, -0.05) is 12.1 Å². The highest BCUT2D eigenvalue weighted by Crippen LogP contribution is 2.14. The summed E-state index contributed by atoms with van der Waals surface area (Å²) in [4.78, 5) is 0. The van der Waals surface area contributed by atoms with Gasteiger partial charge in [-0.05, 0) is 17.7 Å². The van der Waals surface area contributed by atoms with Crippen molar-refractivity contribution in [2.75, 3.05) is 27.4 Å². The molecule has 0 aliphatic carbocycles. The van der Waals surface area contributed by atoms with Crippen molar-refractivity contribution in [2.24, 2.45) is 7.05 Å². The van der Waals surface area contributed by atoms with Crippen LogP contribution in [0.5, 0.6) is 5.75 Å². The van der Waals surface area contributed by atoms with Crippen molar-refractivity contribution in [1.82, 2.24) is 9.78 Å². The summed E-state index contributed by atoms with van der Waals surface area (Å²) in [5.74, 6) is 0.844. The Balaban J connectivity index is 1.82. The van der Waals surface area contributed by atoms with Gasteiger partial charge in [0.15, 0.2) is 0 Å². The molecule has 0 amide bonds. The summed E-state index contributed by atoms with van der Waals surface area (Å²) in [5.41, 5.74) is 3.05. The number of rotatable bonds is 10. The number of ether oxygens (including phenoxy) is 4. The SMILES string of the molecule is COCCOCc1nn(C)cc1COCc1ccc(OC)cc1. The molecule has 23 heavy (non-hydrogen) atoms. The van der Waals surface area contributed by atoms with E-state index < -0.39 is 0 Å². The molecule has 0 atom stereocenters. The van der Waals surface area contributed by atoms with Crippen LogP contribution in [0.25, 0.3) is 0 Å². The minimum atomic E-state index is 0.464. The van der Waals surface area contributed by atoms with Gasteiger partial charge in [0.25, 0.3) is 0 Å². The van der Waals surface area contributed by atoms with E-state index in [0.29, 0.717) is 33.0 Å². The second-order valence-electron chi connectivity index (χ2n) is 5.16. The first-order valence-electron chi connectivity index (χ1n) is 7.51. The first-order valence-corrected chi connectivity index (χ1v) is 7.51. The molecule has 6 heteroatoms. The van der Waals surface area contributed by atoms with Crippen LogP contribution in [0.15, 0.2) is 30.5 Å². The van der Waals surface area contributed by atoms with Crippen LogP contribution >= 0.6 is 0 Å². The second-order valence-corrected chi connectivity index (χ2v) is 5.16. The van der Waals surface area contributed by atoms with Crippen LogP contribution in [0.1, 0.15) is 16.8 Å². The van der Waals surface area contributed by atoms with Gasteiger partial charge in [-0.2, -0.15) is 5.10 Å². The van der Waals surface area contributed by atoms with Gasteiger partial charge in [-0.25, -0.2) is 0 Å². The van der Waals surface area contributed by atoms with Gasteiger partial charge in [-0.3, -0.25) is 4.68 Å². The fourth-order valence-corrected chi connectivity index (χ4v) is 2.14. The molecule has 2 aromatic rings. The number of nitrogens with zero attached hydrogens (tertiary/aromatic N) is 2. The molecule has 1 heterocycles. The van der Waals surface area contributed by atoms with Crippen molar-refractivity contribution in [3.05, 3.63) is 47.3 Å². The molecule has 0 spiro atoms. The molecule has 2 rings (SSSR count). The standard InChI is InChI=1S/C17H24N2O4/c1-19-10-15(17(18-19)13-22-9-8-20-2)12-23-11-14-4-6-16(21-3)7-5-14/h4-7,10H,8-9,11-13H2,1-3H3. The summed E-state index contributed by atoms with van der Waals surface area (Å²) in [5, 5.41) is 4.41. The zero-order chi connectivity index (χ0) is 16.5. The maximum atomic E-state index is 5.79. The first-order chi connectivity index (χ1) is 11.2. The van der Waals surface area contributed by atoms with Crippen LogP contribution in [0.3, 0.4) is 0 Å². The average molecular weight is 320 g/mol. The molecule has 0 unspecified atom stereocenters. The minimum Gasteiger partial charge on any atom is -0.497 e. The molecular formula is C17H24N2O4. The number of benzene rings is 1. The van der Waals surface area contributed by atoms with Gasteiger partial charge in [0.1, 0.15) is 5.75 Å². The monoisotopic (exact) mass is 320 g/mol. The molecule has 0 radical (unpaired) electrons. The van der Waals surface area contributed by atoms with E-state index in [9.17, 15) is 0 Å². The van der Waals surface area contributed by atoms with Crippen LogP contribution in [0, 0.1) is 0 Å². The van der Waals surface area contributed by atoms with Gasteiger partial charge in [0.2, 0.25) is 0 Å². The van der Waals surface area contributed by atoms with Crippen LogP contribution < -0.4 is 4.74 Å². The smallest absolute Gasteiger partial charge is 0.118 e. The van der Waals surface area contributed by atoms with Crippen molar-refractivity contribution >= 4 is 0 Å². The number of aryl methyl sites for hydroxylation is 1. The number of hydrogen-bond donors (Lipinski definition) is 0. The quantitative estimate of drug-likeness (QED) is 0.629. The maximum Gasteiger partial charge on any atom is 0.118 e. The van der Waals surface area contributed by atoms with E-state index in [1.54, 1.807) is 18.9 Å². The predicted octanol–water partition coefficient (Wildman–Crippen LogP) is 2.31.